The van der Waals surface area contributed by atoms with E-state index in [-0.39, 0.29) is 23.2 Å². The second kappa shape index (κ2) is 9.92. The fourth-order valence-electron chi connectivity index (χ4n) is 3.82. The number of carbonyl (C=O) groups is 2. The zero-order valence-electron chi connectivity index (χ0n) is 17.4. The Balaban J connectivity index is 1.26. The lowest BCUT2D eigenvalue weighted by Gasteiger charge is -2.32. The third kappa shape index (κ3) is 4.97. The largest absolute Gasteiger partial charge is 0.378 e. The second-order valence-electron chi connectivity index (χ2n) is 7.57. The molecule has 170 valence electrons. The number of para-hydroxylation sites is 2. The highest BCUT2D eigenvalue weighted by molar-refractivity contribution is 7.13. The molecule has 12 heteroatoms. The lowest BCUT2D eigenvalue weighted by atomic mass is 9.95. The molecule has 2 fully saturated rings. The number of carbonyl (C=O) groups excluding carboxylic acids is 2. The summed E-state index contributed by atoms with van der Waals surface area (Å²) >= 11 is 1.38. The standard InChI is InChI=1S/C20H24N6O5S/c27-18(14-5-7-24(8-6-14)16-3-1-2-4-17(16)26(29)30)22-23-19(28)15-13-32-20(21-15)25-9-11-31-12-10-25/h1-4,13-14H,5-12H2,(H,22,27)(H,23,28). The molecule has 2 aliphatic heterocycles. The van der Waals surface area contributed by atoms with Crippen LogP contribution in [0.3, 0.4) is 0 Å². The van der Waals surface area contributed by atoms with E-state index in [2.05, 4.69) is 20.7 Å². The molecule has 2 saturated heterocycles. The number of piperidine rings is 1. The van der Waals surface area contributed by atoms with Crippen LogP contribution in [0.4, 0.5) is 16.5 Å². The third-order valence-corrected chi connectivity index (χ3v) is 6.49. The number of benzene rings is 1. The van der Waals surface area contributed by atoms with E-state index in [0.717, 1.165) is 18.2 Å². The van der Waals surface area contributed by atoms with Gasteiger partial charge in [0.1, 0.15) is 11.4 Å². The number of ether oxygens (including phenoxy) is 1. The molecular formula is C20H24N6O5S. The highest BCUT2D eigenvalue weighted by atomic mass is 32.1. The molecule has 3 heterocycles. The molecule has 2 N–H and O–H groups in total. The zero-order chi connectivity index (χ0) is 22.5. The van der Waals surface area contributed by atoms with E-state index >= 15 is 0 Å². The number of nitro groups is 1. The van der Waals surface area contributed by atoms with Gasteiger partial charge in [0.2, 0.25) is 5.91 Å². The van der Waals surface area contributed by atoms with Gasteiger partial charge in [0.15, 0.2) is 5.13 Å². The van der Waals surface area contributed by atoms with Crippen molar-refractivity contribution in [2.75, 3.05) is 49.2 Å². The Morgan fingerprint density at radius 1 is 1.09 bits per heavy atom. The number of hydrogen-bond acceptors (Lipinski definition) is 9. The number of rotatable bonds is 5. The maximum Gasteiger partial charge on any atom is 0.292 e. The van der Waals surface area contributed by atoms with Gasteiger partial charge in [0, 0.05) is 43.5 Å². The average molecular weight is 461 g/mol. The van der Waals surface area contributed by atoms with Crippen LogP contribution in [0.25, 0.3) is 0 Å². The average Bonchev–Trinajstić information content (AvgIpc) is 3.33. The van der Waals surface area contributed by atoms with Crippen LogP contribution in [0.2, 0.25) is 0 Å². The van der Waals surface area contributed by atoms with E-state index in [1.165, 1.54) is 17.4 Å². The normalized spacial score (nSPS) is 17.1. The molecule has 11 nitrogen and oxygen atoms in total. The third-order valence-electron chi connectivity index (χ3n) is 5.59. The van der Waals surface area contributed by atoms with Crippen LogP contribution >= 0.6 is 11.3 Å². The molecule has 0 saturated carbocycles. The van der Waals surface area contributed by atoms with Gasteiger partial charge in [-0.15, -0.1) is 11.3 Å². The predicted molar refractivity (Wildman–Crippen MR) is 119 cm³/mol. The Morgan fingerprint density at radius 3 is 2.53 bits per heavy atom. The molecule has 1 aromatic carbocycles. The molecule has 0 radical (unpaired) electrons. The minimum absolute atomic E-state index is 0.0578. The maximum absolute atomic E-state index is 12.5. The van der Waals surface area contributed by atoms with Crippen LogP contribution in [0.1, 0.15) is 23.3 Å². The zero-order valence-corrected chi connectivity index (χ0v) is 18.2. The number of hydrogen-bond donors (Lipinski definition) is 2. The molecule has 1 aromatic heterocycles. The first-order valence-electron chi connectivity index (χ1n) is 10.4. The van der Waals surface area contributed by atoms with Gasteiger partial charge in [-0.05, 0) is 18.9 Å². The lowest BCUT2D eigenvalue weighted by Crippen LogP contribution is -2.47. The SMILES string of the molecule is O=C(NNC(=O)C1CCN(c2ccccc2[N+](=O)[O-])CC1)c1csc(N2CCOCC2)n1. The van der Waals surface area contributed by atoms with Gasteiger partial charge in [-0.3, -0.25) is 30.6 Å². The van der Waals surface area contributed by atoms with E-state index in [9.17, 15) is 19.7 Å². The number of nitrogens with one attached hydrogen (secondary N) is 2. The Hall–Kier alpha value is -3.25. The van der Waals surface area contributed by atoms with Gasteiger partial charge in [0.05, 0.1) is 18.1 Å². The van der Waals surface area contributed by atoms with Crippen molar-refractivity contribution in [2.24, 2.45) is 5.92 Å². The Bertz CT molecular complexity index is 984. The lowest BCUT2D eigenvalue weighted by molar-refractivity contribution is -0.384. The number of anilines is 2. The number of morpholine rings is 1. The van der Waals surface area contributed by atoms with Crippen LogP contribution in [0, 0.1) is 16.0 Å². The minimum atomic E-state index is -0.466. The first kappa shape index (κ1) is 22.0. The van der Waals surface area contributed by atoms with Crippen LogP contribution in [0.15, 0.2) is 29.6 Å². The van der Waals surface area contributed by atoms with Gasteiger partial charge >= 0.3 is 0 Å². The summed E-state index contributed by atoms with van der Waals surface area (Å²) in [4.78, 5) is 44.1. The van der Waals surface area contributed by atoms with Crippen LogP contribution in [-0.2, 0) is 9.53 Å². The van der Waals surface area contributed by atoms with Crippen LogP contribution in [-0.4, -0.2) is 61.1 Å². The molecule has 2 aromatic rings. The predicted octanol–water partition coefficient (Wildman–Crippen LogP) is 1.57. The summed E-state index contributed by atoms with van der Waals surface area (Å²) in [5.41, 5.74) is 5.80. The Morgan fingerprint density at radius 2 is 1.81 bits per heavy atom. The van der Waals surface area contributed by atoms with Gasteiger partial charge < -0.3 is 14.5 Å². The monoisotopic (exact) mass is 460 g/mol. The molecule has 0 spiro atoms. The van der Waals surface area contributed by atoms with E-state index in [1.807, 2.05) is 4.90 Å². The van der Waals surface area contributed by atoms with Crippen molar-refractivity contribution in [3.05, 3.63) is 45.5 Å². The van der Waals surface area contributed by atoms with Crippen molar-refractivity contribution in [2.45, 2.75) is 12.8 Å². The molecular weight excluding hydrogens is 436 g/mol. The highest BCUT2D eigenvalue weighted by Gasteiger charge is 2.28. The number of hydrazine groups is 1. The van der Waals surface area contributed by atoms with E-state index in [4.69, 9.17) is 4.74 Å². The van der Waals surface area contributed by atoms with E-state index in [0.29, 0.717) is 44.8 Å². The number of aromatic nitrogens is 1. The van der Waals surface area contributed by atoms with Gasteiger partial charge in [-0.2, -0.15) is 0 Å². The highest BCUT2D eigenvalue weighted by Crippen LogP contribution is 2.31. The number of thiazole rings is 1. The number of nitro benzene ring substituents is 1. The van der Waals surface area contributed by atoms with Crippen molar-refractivity contribution in [3.8, 4) is 0 Å². The summed E-state index contributed by atoms with van der Waals surface area (Å²) in [6, 6.07) is 6.60. The maximum atomic E-state index is 12.5. The molecule has 0 bridgehead atoms. The molecule has 2 amide bonds. The molecule has 4 rings (SSSR count). The van der Waals surface area contributed by atoms with Crippen molar-refractivity contribution < 1.29 is 19.2 Å². The summed E-state index contributed by atoms with van der Waals surface area (Å²) in [6.07, 6.45) is 1.07. The van der Waals surface area contributed by atoms with Crippen molar-refractivity contribution >= 4 is 39.7 Å². The van der Waals surface area contributed by atoms with Crippen LogP contribution in [0.5, 0.6) is 0 Å². The first-order valence-corrected chi connectivity index (χ1v) is 11.3. The molecule has 0 unspecified atom stereocenters. The summed E-state index contributed by atoms with van der Waals surface area (Å²) in [5, 5.41) is 13.7. The summed E-state index contributed by atoms with van der Waals surface area (Å²) in [5.74, 6) is -1.02. The van der Waals surface area contributed by atoms with Gasteiger partial charge in [-0.1, -0.05) is 12.1 Å². The molecule has 2 aliphatic rings. The number of amides is 2. The van der Waals surface area contributed by atoms with Crippen molar-refractivity contribution in [1.82, 2.24) is 15.8 Å². The van der Waals surface area contributed by atoms with Gasteiger partial charge in [-0.25, -0.2) is 4.98 Å². The summed E-state index contributed by atoms with van der Waals surface area (Å²) in [6.45, 7) is 3.77. The first-order chi connectivity index (χ1) is 15.5. The van der Waals surface area contributed by atoms with Crippen molar-refractivity contribution in [1.29, 1.82) is 0 Å². The minimum Gasteiger partial charge on any atom is -0.378 e. The topological polar surface area (TPSA) is 130 Å². The quantitative estimate of drug-likeness (QED) is 0.508. The fraction of sp³-hybridized carbons (Fsp3) is 0.450. The number of nitrogens with zero attached hydrogens (tertiary/aromatic N) is 4. The summed E-state index contributed by atoms with van der Waals surface area (Å²) < 4.78 is 5.32. The fourth-order valence-corrected chi connectivity index (χ4v) is 4.68. The Labute approximate surface area is 188 Å². The van der Waals surface area contributed by atoms with Crippen LogP contribution < -0.4 is 20.7 Å². The second-order valence-corrected chi connectivity index (χ2v) is 8.40. The van der Waals surface area contributed by atoms with Crippen molar-refractivity contribution in [3.63, 3.8) is 0 Å². The smallest absolute Gasteiger partial charge is 0.292 e. The Kier molecular flexibility index (Phi) is 6.81. The molecule has 0 aliphatic carbocycles. The molecule has 32 heavy (non-hydrogen) atoms. The van der Waals surface area contributed by atoms with E-state index < -0.39 is 10.8 Å². The molecule has 0 atom stereocenters. The van der Waals surface area contributed by atoms with Gasteiger partial charge in [0.25, 0.3) is 11.6 Å². The summed E-state index contributed by atoms with van der Waals surface area (Å²) in [7, 11) is 0. The van der Waals surface area contributed by atoms with E-state index in [1.54, 1.807) is 23.6 Å².